The summed E-state index contributed by atoms with van der Waals surface area (Å²) in [4.78, 5) is 38.6. The monoisotopic (exact) mass is 445 g/mol. The van der Waals surface area contributed by atoms with Crippen LogP contribution in [0, 0.1) is 36.4 Å². The van der Waals surface area contributed by atoms with Crippen molar-refractivity contribution in [2.75, 3.05) is 11.9 Å². The van der Waals surface area contributed by atoms with E-state index < -0.39 is 23.8 Å². The molecule has 2 aromatic rings. The lowest BCUT2D eigenvalue weighted by Crippen LogP contribution is -2.37. The fourth-order valence-corrected chi connectivity index (χ4v) is 6.28. The zero-order valence-corrected chi connectivity index (χ0v) is 18.1. The Morgan fingerprint density at radius 2 is 1.81 bits per heavy atom. The summed E-state index contributed by atoms with van der Waals surface area (Å²) in [6, 6.07) is 5.78. The van der Waals surface area contributed by atoms with E-state index in [1.54, 1.807) is 19.1 Å². The first-order valence-corrected chi connectivity index (χ1v) is 11.2. The Morgan fingerprint density at radius 3 is 2.42 bits per heavy atom. The molecule has 164 valence electrons. The molecule has 2 aliphatic carbocycles. The van der Waals surface area contributed by atoms with E-state index in [9.17, 15) is 23.9 Å². The molecule has 4 rings (SSSR count). The van der Waals surface area contributed by atoms with E-state index in [1.807, 2.05) is 6.92 Å². The van der Waals surface area contributed by atoms with Crippen LogP contribution < -0.4 is 5.32 Å². The average molecular weight is 446 g/mol. The van der Waals surface area contributed by atoms with Gasteiger partial charge in [-0.2, -0.15) is 0 Å². The lowest BCUT2D eigenvalue weighted by atomic mass is 9.78. The number of carboxylic acid groups (broad SMARTS) is 1. The van der Waals surface area contributed by atoms with Crippen molar-refractivity contribution in [1.82, 2.24) is 0 Å². The van der Waals surface area contributed by atoms with E-state index in [-0.39, 0.29) is 35.7 Å². The molecule has 4 atom stereocenters. The van der Waals surface area contributed by atoms with Crippen LogP contribution in [-0.4, -0.2) is 29.6 Å². The maximum absolute atomic E-state index is 13.4. The lowest BCUT2D eigenvalue weighted by Gasteiger charge is -2.26. The fraction of sp³-hybridized carbons (Fsp3) is 0.435. The molecule has 0 saturated heterocycles. The van der Waals surface area contributed by atoms with Gasteiger partial charge in [-0.1, -0.05) is 12.1 Å². The van der Waals surface area contributed by atoms with Gasteiger partial charge in [0.25, 0.3) is 0 Å². The van der Waals surface area contributed by atoms with Crippen molar-refractivity contribution in [3.8, 4) is 11.1 Å². The zero-order chi connectivity index (χ0) is 22.3. The van der Waals surface area contributed by atoms with Crippen LogP contribution >= 0.6 is 11.3 Å². The Kier molecular flexibility index (Phi) is 5.83. The number of halogens is 1. The third kappa shape index (κ3) is 3.84. The van der Waals surface area contributed by atoms with Gasteiger partial charge in [-0.25, -0.2) is 9.18 Å². The van der Waals surface area contributed by atoms with Crippen LogP contribution in [-0.2, 0) is 14.3 Å². The van der Waals surface area contributed by atoms with E-state index in [0.717, 1.165) is 24.1 Å². The van der Waals surface area contributed by atoms with Crippen molar-refractivity contribution in [3.05, 3.63) is 40.5 Å². The number of carbonyl (C=O) groups is 3. The molecule has 8 heteroatoms. The Bertz CT molecular complexity index is 1030. The number of hydrogen-bond donors (Lipinski definition) is 2. The highest BCUT2D eigenvalue weighted by atomic mass is 32.1. The van der Waals surface area contributed by atoms with Crippen molar-refractivity contribution in [1.29, 1.82) is 0 Å². The predicted molar refractivity (Wildman–Crippen MR) is 114 cm³/mol. The Balaban J connectivity index is 1.70. The largest absolute Gasteiger partial charge is 0.481 e. The summed E-state index contributed by atoms with van der Waals surface area (Å²) in [5.74, 6) is -3.49. The first-order valence-electron chi connectivity index (χ1n) is 10.4. The standard InChI is InChI=1S/C23H24FNO5S/c1-3-30-23(29)19-16(12-6-8-15(24)9-7-12)11(2)31-21(19)25-20(26)17-13-4-5-14(10-13)18(17)22(27)28/h6-9,13-14,17-18H,3-5,10H2,1-2H3,(H,25,26)(H,27,28)/t13-,14-,17-,18-/m0/s1. The second-order valence-electron chi connectivity index (χ2n) is 8.18. The second-order valence-corrected chi connectivity index (χ2v) is 9.40. The average Bonchev–Trinajstić information content (AvgIpc) is 3.41. The number of aryl methyl sites for hydroxylation is 1. The minimum Gasteiger partial charge on any atom is -0.481 e. The minimum absolute atomic E-state index is 0.0302. The van der Waals surface area contributed by atoms with Gasteiger partial charge >= 0.3 is 11.9 Å². The molecule has 1 aromatic carbocycles. The van der Waals surface area contributed by atoms with Gasteiger partial charge in [0.15, 0.2) is 0 Å². The number of ether oxygens (including phenoxy) is 1. The summed E-state index contributed by atoms with van der Waals surface area (Å²) in [6.45, 7) is 3.68. The molecule has 1 heterocycles. The molecule has 2 fully saturated rings. The number of hydrogen-bond acceptors (Lipinski definition) is 5. The van der Waals surface area contributed by atoms with E-state index in [4.69, 9.17) is 4.74 Å². The number of carboxylic acids is 1. The van der Waals surface area contributed by atoms with E-state index >= 15 is 0 Å². The zero-order valence-electron chi connectivity index (χ0n) is 17.3. The van der Waals surface area contributed by atoms with Crippen molar-refractivity contribution in [3.63, 3.8) is 0 Å². The molecule has 0 aliphatic heterocycles. The molecule has 2 bridgehead atoms. The first-order chi connectivity index (χ1) is 14.8. The molecule has 1 amide bonds. The maximum atomic E-state index is 13.4. The van der Waals surface area contributed by atoms with E-state index in [0.29, 0.717) is 16.1 Å². The van der Waals surface area contributed by atoms with Crippen molar-refractivity contribution < 1.29 is 28.6 Å². The summed E-state index contributed by atoms with van der Waals surface area (Å²) in [5.41, 5.74) is 1.45. The normalized spacial score (nSPS) is 24.2. The number of anilines is 1. The van der Waals surface area contributed by atoms with Gasteiger partial charge in [0.1, 0.15) is 16.4 Å². The Morgan fingerprint density at radius 1 is 1.16 bits per heavy atom. The van der Waals surface area contributed by atoms with Gasteiger partial charge in [0.2, 0.25) is 5.91 Å². The van der Waals surface area contributed by atoms with Gasteiger partial charge in [-0.3, -0.25) is 9.59 Å². The highest BCUT2D eigenvalue weighted by molar-refractivity contribution is 7.17. The molecule has 1 aromatic heterocycles. The van der Waals surface area contributed by atoms with Gasteiger partial charge in [0, 0.05) is 10.4 Å². The third-order valence-electron chi connectivity index (χ3n) is 6.44. The molecular weight excluding hydrogens is 421 g/mol. The van der Waals surface area contributed by atoms with E-state index in [2.05, 4.69) is 5.32 Å². The highest BCUT2D eigenvalue weighted by Crippen LogP contribution is 2.53. The van der Waals surface area contributed by atoms with Crippen LogP contribution in [0.3, 0.4) is 0 Å². The van der Waals surface area contributed by atoms with Crippen molar-refractivity contribution in [2.45, 2.75) is 33.1 Å². The molecule has 31 heavy (non-hydrogen) atoms. The molecule has 0 unspecified atom stereocenters. The number of nitrogens with one attached hydrogen (secondary N) is 1. The molecule has 2 N–H and O–H groups in total. The number of fused-ring (bicyclic) bond motifs is 2. The minimum atomic E-state index is -0.938. The number of carbonyl (C=O) groups excluding carboxylic acids is 2. The van der Waals surface area contributed by atoms with Crippen molar-refractivity contribution >= 4 is 34.2 Å². The van der Waals surface area contributed by atoms with Crippen molar-refractivity contribution in [2.24, 2.45) is 23.7 Å². The molecule has 0 radical (unpaired) electrons. The van der Waals surface area contributed by atoms with Crippen LogP contribution in [0.1, 0.15) is 41.4 Å². The third-order valence-corrected chi connectivity index (χ3v) is 7.46. The first kappa shape index (κ1) is 21.5. The SMILES string of the molecule is CCOC(=O)c1c(NC(=O)[C@H]2[C@H]3CC[C@@H](C3)[C@@H]2C(=O)O)sc(C)c1-c1ccc(F)cc1. The van der Waals surface area contributed by atoms with Crippen LogP contribution in [0.2, 0.25) is 0 Å². The fourth-order valence-electron chi connectivity index (χ4n) is 5.21. The van der Waals surface area contributed by atoms with Gasteiger partial charge in [-0.05, 0) is 62.6 Å². The lowest BCUT2D eigenvalue weighted by molar-refractivity contribution is -0.148. The van der Waals surface area contributed by atoms with Crippen LogP contribution in [0.5, 0.6) is 0 Å². The second kappa shape index (κ2) is 8.42. The Labute approximate surface area is 183 Å². The number of benzene rings is 1. The number of esters is 1. The number of aliphatic carboxylic acids is 1. The van der Waals surface area contributed by atoms with Gasteiger partial charge < -0.3 is 15.2 Å². The summed E-state index contributed by atoms with van der Waals surface area (Å²) in [7, 11) is 0. The van der Waals surface area contributed by atoms with Crippen LogP contribution in [0.25, 0.3) is 11.1 Å². The number of amides is 1. The molecule has 2 saturated carbocycles. The van der Waals surface area contributed by atoms with Gasteiger partial charge in [0.05, 0.1) is 18.4 Å². The summed E-state index contributed by atoms with van der Waals surface area (Å²) in [5, 5.41) is 12.9. The molecule has 0 spiro atoms. The van der Waals surface area contributed by atoms with Crippen LogP contribution in [0.4, 0.5) is 9.39 Å². The molecule has 6 nitrogen and oxygen atoms in total. The smallest absolute Gasteiger partial charge is 0.341 e. The highest BCUT2D eigenvalue weighted by Gasteiger charge is 2.54. The Hall–Kier alpha value is -2.74. The summed E-state index contributed by atoms with van der Waals surface area (Å²) in [6.07, 6.45) is 2.44. The van der Waals surface area contributed by atoms with E-state index in [1.165, 1.54) is 23.5 Å². The summed E-state index contributed by atoms with van der Waals surface area (Å²) < 4.78 is 18.6. The van der Waals surface area contributed by atoms with Crippen LogP contribution in [0.15, 0.2) is 24.3 Å². The van der Waals surface area contributed by atoms with Gasteiger partial charge in [-0.15, -0.1) is 11.3 Å². The number of rotatable bonds is 6. The quantitative estimate of drug-likeness (QED) is 0.628. The topological polar surface area (TPSA) is 92.7 Å². The summed E-state index contributed by atoms with van der Waals surface area (Å²) >= 11 is 1.24. The maximum Gasteiger partial charge on any atom is 0.341 e. The molecular formula is C23H24FNO5S. The predicted octanol–water partition coefficient (Wildman–Crippen LogP) is 4.72. The number of thiophene rings is 1. The molecule has 2 aliphatic rings.